The Kier molecular flexibility index (Phi) is 3.52. The molecule has 1 aromatic rings. The van der Waals surface area contributed by atoms with Crippen LogP contribution in [0.2, 0.25) is 0 Å². The molecule has 4 nitrogen and oxygen atoms in total. The third-order valence-electron chi connectivity index (χ3n) is 3.03. The molecule has 3 N–H and O–H groups in total. The number of phenolic OH excluding ortho intramolecular Hbond substituents is 1. The fourth-order valence-corrected chi connectivity index (χ4v) is 2.17. The maximum Gasteiger partial charge on any atom is 0.248 e. The molecule has 1 aliphatic rings. The Bertz CT molecular complexity index is 411. The Hall–Kier alpha value is -1.71. The molecule has 0 aliphatic heterocycles. The van der Waals surface area contributed by atoms with E-state index in [2.05, 4.69) is 0 Å². The number of phenols is 1. The van der Waals surface area contributed by atoms with Gasteiger partial charge in [-0.05, 0) is 37.8 Å². The Labute approximate surface area is 100 Å². The minimum Gasteiger partial charge on any atom is -0.508 e. The fourth-order valence-electron chi connectivity index (χ4n) is 2.17. The highest BCUT2D eigenvalue weighted by Crippen LogP contribution is 2.26. The summed E-state index contributed by atoms with van der Waals surface area (Å²) in [4.78, 5) is 11.1. The topological polar surface area (TPSA) is 72.6 Å². The predicted octanol–water partition coefficient (Wildman–Crippen LogP) is 2.20. The first-order valence-electron chi connectivity index (χ1n) is 5.95. The Morgan fingerprint density at radius 2 is 1.94 bits per heavy atom. The van der Waals surface area contributed by atoms with Gasteiger partial charge in [-0.3, -0.25) is 4.79 Å². The molecule has 92 valence electrons. The van der Waals surface area contributed by atoms with Crippen molar-refractivity contribution < 1.29 is 14.6 Å². The van der Waals surface area contributed by atoms with Crippen LogP contribution in [-0.2, 0) is 0 Å². The summed E-state index contributed by atoms with van der Waals surface area (Å²) in [6.07, 6.45) is 5.85. The number of benzene rings is 1. The van der Waals surface area contributed by atoms with E-state index in [4.69, 9.17) is 10.5 Å². The van der Waals surface area contributed by atoms with Gasteiger partial charge in [-0.15, -0.1) is 0 Å². The minimum atomic E-state index is -0.561. The van der Waals surface area contributed by atoms with Gasteiger partial charge >= 0.3 is 0 Å². The van der Waals surface area contributed by atoms with Crippen LogP contribution in [0.5, 0.6) is 11.5 Å². The predicted molar refractivity (Wildman–Crippen MR) is 64.1 cm³/mol. The summed E-state index contributed by atoms with van der Waals surface area (Å²) < 4.78 is 5.76. The van der Waals surface area contributed by atoms with Crippen LogP contribution >= 0.6 is 0 Å². The number of carbonyl (C=O) groups is 1. The molecular formula is C13H17NO3. The molecule has 0 unspecified atom stereocenters. The van der Waals surface area contributed by atoms with Gasteiger partial charge in [0.25, 0.3) is 0 Å². The molecule has 1 amide bonds. The highest BCUT2D eigenvalue weighted by molar-refractivity contribution is 5.93. The summed E-state index contributed by atoms with van der Waals surface area (Å²) in [6, 6.07) is 4.44. The van der Waals surface area contributed by atoms with Crippen molar-refractivity contribution in [3.05, 3.63) is 23.8 Å². The highest BCUT2D eigenvalue weighted by Gasteiger charge is 2.16. The van der Waals surface area contributed by atoms with Crippen molar-refractivity contribution in [3.63, 3.8) is 0 Å². The largest absolute Gasteiger partial charge is 0.508 e. The molecule has 4 heteroatoms. The standard InChI is InChI=1S/C13H17NO3/c14-13(16)9-6-10(15)8-12(7-9)17-11-4-2-1-3-5-11/h6-8,11,15H,1-5H2,(H2,14,16). The molecule has 0 radical (unpaired) electrons. The van der Waals surface area contributed by atoms with Crippen LogP contribution in [0.25, 0.3) is 0 Å². The fraction of sp³-hybridized carbons (Fsp3) is 0.462. The summed E-state index contributed by atoms with van der Waals surface area (Å²) in [6.45, 7) is 0. The molecule has 0 saturated heterocycles. The van der Waals surface area contributed by atoms with Crippen LogP contribution in [0.1, 0.15) is 42.5 Å². The molecule has 0 spiro atoms. The van der Waals surface area contributed by atoms with Gasteiger partial charge in [0.2, 0.25) is 5.91 Å². The molecule has 0 aromatic heterocycles. The minimum absolute atomic E-state index is 0.00658. The van der Waals surface area contributed by atoms with E-state index in [1.807, 2.05) is 0 Å². The lowest BCUT2D eigenvalue weighted by Gasteiger charge is -2.23. The molecule has 0 bridgehead atoms. The number of amides is 1. The molecule has 17 heavy (non-hydrogen) atoms. The van der Waals surface area contributed by atoms with Gasteiger partial charge in [0.05, 0.1) is 6.10 Å². The quantitative estimate of drug-likeness (QED) is 0.843. The number of primary amides is 1. The van der Waals surface area contributed by atoms with Gasteiger partial charge in [0.15, 0.2) is 0 Å². The number of hydrogen-bond donors (Lipinski definition) is 2. The van der Waals surface area contributed by atoms with Gasteiger partial charge in [-0.2, -0.15) is 0 Å². The number of hydrogen-bond acceptors (Lipinski definition) is 3. The monoisotopic (exact) mass is 235 g/mol. The van der Waals surface area contributed by atoms with Crippen molar-refractivity contribution in [2.24, 2.45) is 5.73 Å². The zero-order valence-corrected chi connectivity index (χ0v) is 9.69. The number of nitrogens with two attached hydrogens (primary N) is 1. The van der Waals surface area contributed by atoms with Crippen molar-refractivity contribution in [3.8, 4) is 11.5 Å². The van der Waals surface area contributed by atoms with Gasteiger partial charge < -0.3 is 15.6 Å². The van der Waals surface area contributed by atoms with Crippen molar-refractivity contribution in [2.75, 3.05) is 0 Å². The van der Waals surface area contributed by atoms with Crippen LogP contribution in [0, 0.1) is 0 Å². The lowest BCUT2D eigenvalue weighted by atomic mass is 9.98. The summed E-state index contributed by atoms with van der Waals surface area (Å²) in [7, 11) is 0. The van der Waals surface area contributed by atoms with E-state index in [0.29, 0.717) is 5.75 Å². The van der Waals surface area contributed by atoms with Crippen molar-refractivity contribution in [1.82, 2.24) is 0 Å². The van der Waals surface area contributed by atoms with Gasteiger partial charge in [-0.1, -0.05) is 6.42 Å². The smallest absolute Gasteiger partial charge is 0.248 e. The van der Waals surface area contributed by atoms with Crippen LogP contribution in [0.3, 0.4) is 0 Å². The van der Waals surface area contributed by atoms with E-state index in [1.165, 1.54) is 31.4 Å². The van der Waals surface area contributed by atoms with E-state index in [9.17, 15) is 9.90 Å². The van der Waals surface area contributed by atoms with E-state index >= 15 is 0 Å². The average Bonchev–Trinajstić information content (AvgIpc) is 2.29. The SMILES string of the molecule is NC(=O)c1cc(O)cc(OC2CCCCC2)c1. The molecule has 2 rings (SSSR count). The van der Waals surface area contributed by atoms with Crippen molar-refractivity contribution in [1.29, 1.82) is 0 Å². The molecule has 1 fully saturated rings. The first-order valence-corrected chi connectivity index (χ1v) is 5.95. The van der Waals surface area contributed by atoms with Gasteiger partial charge in [0.1, 0.15) is 11.5 Å². The van der Waals surface area contributed by atoms with Crippen molar-refractivity contribution >= 4 is 5.91 Å². The molecule has 1 aliphatic carbocycles. The second-order valence-corrected chi connectivity index (χ2v) is 4.46. The Morgan fingerprint density at radius 3 is 2.59 bits per heavy atom. The summed E-state index contributed by atoms with van der Waals surface area (Å²) in [5.74, 6) is -0.0350. The molecule has 0 heterocycles. The maximum atomic E-state index is 11.1. The van der Waals surface area contributed by atoms with E-state index in [0.717, 1.165) is 12.8 Å². The van der Waals surface area contributed by atoms with Crippen LogP contribution in [0.15, 0.2) is 18.2 Å². The molecule has 1 aromatic carbocycles. The van der Waals surface area contributed by atoms with Crippen LogP contribution in [-0.4, -0.2) is 17.1 Å². The first kappa shape index (κ1) is 11.8. The lowest BCUT2D eigenvalue weighted by molar-refractivity contribution is 0.0998. The van der Waals surface area contributed by atoms with Gasteiger partial charge in [-0.25, -0.2) is 0 Å². The molecule has 0 atom stereocenters. The summed E-state index contributed by atoms with van der Waals surface area (Å²) in [5.41, 5.74) is 5.45. The van der Waals surface area contributed by atoms with Crippen LogP contribution < -0.4 is 10.5 Å². The second-order valence-electron chi connectivity index (χ2n) is 4.46. The summed E-state index contributed by atoms with van der Waals surface area (Å²) >= 11 is 0. The molecular weight excluding hydrogens is 218 g/mol. The lowest BCUT2D eigenvalue weighted by Crippen LogP contribution is -2.20. The van der Waals surface area contributed by atoms with Crippen molar-refractivity contribution in [2.45, 2.75) is 38.2 Å². The Morgan fingerprint density at radius 1 is 1.24 bits per heavy atom. The second kappa shape index (κ2) is 5.08. The zero-order valence-electron chi connectivity index (χ0n) is 9.69. The van der Waals surface area contributed by atoms with E-state index < -0.39 is 5.91 Å². The number of aromatic hydroxyl groups is 1. The maximum absolute atomic E-state index is 11.1. The van der Waals surface area contributed by atoms with E-state index in [1.54, 1.807) is 6.07 Å². The Balaban J connectivity index is 2.11. The third kappa shape index (κ3) is 3.12. The van der Waals surface area contributed by atoms with Gasteiger partial charge in [0, 0.05) is 11.6 Å². The number of carbonyl (C=O) groups excluding carboxylic acids is 1. The summed E-state index contributed by atoms with van der Waals surface area (Å²) in [5, 5.41) is 9.48. The van der Waals surface area contributed by atoms with E-state index in [-0.39, 0.29) is 17.4 Å². The normalized spacial score (nSPS) is 16.7. The van der Waals surface area contributed by atoms with Crippen LogP contribution in [0.4, 0.5) is 0 Å². The average molecular weight is 235 g/mol. The first-order chi connectivity index (χ1) is 8.15. The highest BCUT2D eigenvalue weighted by atomic mass is 16.5. The molecule has 1 saturated carbocycles. The number of ether oxygens (including phenoxy) is 1. The number of rotatable bonds is 3. The zero-order chi connectivity index (χ0) is 12.3. The third-order valence-corrected chi connectivity index (χ3v) is 3.03.